The van der Waals surface area contributed by atoms with E-state index in [1.165, 1.54) is 0 Å². The van der Waals surface area contributed by atoms with E-state index in [4.69, 9.17) is 5.11 Å². The molecule has 1 fully saturated rings. The van der Waals surface area contributed by atoms with Crippen LogP contribution in [-0.4, -0.2) is 36.2 Å². The molecule has 18 heavy (non-hydrogen) atoms. The summed E-state index contributed by atoms with van der Waals surface area (Å²) in [5.41, 5.74) is 0.00305. The Bertz CT molecular complexity index is 277. The molecular weight excluding hydrogens is 228 g/mol. The van der Waals surface area contributed by atoms with E-state index < -0.39 is 0 Å². The summed E-state index contributed by atoms with van der Waals surface area (Å²) in [5, 5.41) is 15.4. The highest BCUT2D eigenvalue weighted by atomic mass is 16.3. The fourth-order valence-electron chi connectivity index (χ4n) is 2.64. The van der Waals surface area contributed by atoms with Crippen LogP contribution in [0.5, 0.6) is 0 Å². The summed E-state index contributed by atoms with van der Waals surface area (Å²) in [6.07, 6.45) is 2.82. The number of hydrogen-bond acceptors (Lipinski definition) is 3. The average Bonchev–Trinajstić information content (AvgIpc) is 2.27. The molecule has 1 aliphatic rings. The van der Waals surface area contributed by atoms with Crippen LogP contribution in [0.4, 0.5) is 0 Å². The lowest BCUT2D eigenvalue weighted by atomic mass is 9.77. The van der Waals surface area contributed by atoms with Gasteiger partial charge in [0, 0.05) is 12.6 Å². The second-order valence-corrected chi connectivity index (χ2v) is 6.35. The molecule has 0 aromatic carbocycles. The molecule has 0 aromatic rings. The number of rotatable bonds is 5. The maximum absolute atomic E-state index is 12.3. The Morgan fingerprint density at radius 2 is 2.17 bits per heavy atom. The second-order valence-electron chi connectivity index (χ2n) is 6.35. The van der Waals surface area contributed by atoms with Gasteiger partial charge in [-0.1, -0.05) is 27.7 Å². The zero-order valence-corrected chi connectivity index (χ0v) is 12.1. The van der Waals surface area contributed by atoms with E-state index >= 15 is 0 Å². The Morgan fingerprint density at radius 3 is 2.67 bits per heavy atom. The lowest BCUT2D eigenvalue weighted by Crippen LogP contribution is -2.57. The number of hydrogen-bond donors (Lipinski definition) is 3. The van der Waals surface area contributed by atoms with E-state index in [1.807, 2.05) is 0 Å². The Morgan fingerprint density at radius 1 is 1.50 bits per heavy atom. The summed E-state index contributed by atoms with van der Waals surface area (Å²) in [5.74, 6) is 0.416. The molecule has 0 bridgehead atoms. The molecule has 0 radical (unpaired) electrons. The summed E-state index contributed by atoms with van der Waals surface area (Å²) < 4.78 is 0. The first-order valence-electron chi connectivity index (χ1n) is 7.03. The van der Waals surface area contributed by atoms with Crippen LogP contribution >= 0.6 is 0 Å². The van der Waals surface area contributed by atoms with Gasteiger partial charge in [0.2, 0.25) is 5.91 Å². The highest BCUT2D eigenvalue weighted by Crippen LogP contribution is 2.30. The topological polar surface area (TPSA) is 61.4 Å². The molecule has 2 unspecified atom stereocenters. The molecule has 1 amide bonds. The fraction of sp³-hybridized carbons (Fsp3) is 0.929. The summed E-state index contributed by atoms with van der Waals surface area (Å²) in [4.78, 5) is 12.3. The highest BCUT2D eigenvalue weighted by Gasteiger charge is 2.37. The summed E-state index contributed by atoms with van der Waals surface area (Å²) >= 11 is 0. The van der Waals surface area contributed by atoms with Crippen molar-refractivity contribution in [1.82, 2.24) is 10.6 Å². The van der Waals surface area contributed by atoms with Crippen molar-refractivity contribution in [2.24, 2.45) is 11.3 Å². The van der Waals surface area contributed by atoms with Crippen LogP contribution in [0, 0.1) is 11.3 Å². The molecular formula is C14H28N2O2. The van der Waals surface area contributed by atoms with Gasteiger partial charge in [0.15, 0.2) is 0 Å². The van der Waals surface area contributed by atoms with E-state index in [0.717, 1.165) is 19.4 Å². The van der Waals surface area contributed by atoms with Crippen molar-refractivity contribution in [2.45, 2.75) is 59.0 Å². The van der Waals surface area contributed by atoms with Gasteiger partial charge in [0.25, 0.3) is 0 Å². The molecule has 4 nitrogen and oxygen atoms in total. The number of nitrogens with one attached hydrogen (secondary N) is 2. The smallest absolute Gasteiger partial charge is 0.237 e. The Kier molecular flexibility index (Phi) is 5.60. The highest BCUT2D eigenvalue weighted by molar-refractivity contribution is 5.83. The maximum atomic E-state index is 12.3. The van der Waals surface area contributed by atoms with E-state index in [9.17, 15) is 4.79 Å². The molecule has 0 spiro atoms. The third-order valence-electron chi connectivity index (χ3n) is 3.96. The van der Waals surface area contributed by atoms with Crippen molar-refractivity contribution < 1.29 is 9.90 Å². The first kappa shape index (κ1) is 15.4. The standard InChI is InChI=1S/C14H28N2O2/c1-10(2)11(6-9-17)16-13(18)12-14(3,4)7-5-8-15-12/h10-12,15,17H,5-9H2,1-4H3,(H,16,18). The minimum Gasteiger partial charge on any atom is -0.396 e. The third-order valence-corrected chi connectivity index (χ3v) is 3.96. The van der Waals surface area contributed by atoms with E-state index in [1.54, 1.807) is 0 Å². The largest absolute Gasteiger partial charge is 0.396 e. The Hall–Kier alpha value is -0.610. The summed E-state index contributed by atoms with van der Waals surface area (Å²) in [6, 6.07) is -0.0618. The quantitative estimate of drug-likeness (QED) is 0.694. The SMILES string of the molecule is CC(C)C(CCO)NC(=O)C1NCCCC1(C)C. The molecule has 1 aliphatic heterocycles. The molecule has 106 valence electrons. The number of carbonyl (C=O) groups is 1. The minimum absolute atomic E-state index is 0.00305. The normalized spacial score (nSPS) is 24.9. The van der Waals surface area contributed by atoms with Gasteiger partial charge in [-0.25, -0.2) is 0 Å². The van der Waals surface area contributed by atoms with Gasteiger partial charge in [-0.2, -0.15) is 0 Å². The van der Waals surface area contributed by atoms with Gasteiger partial charge in [-0.3, -0.25) is 4.79 Å². The van der Waals surface area contributed by atoms with Crippen molar-refractivity contribution in [3.63, 3.8) is 0 Å². The molecule has 0 aliphatic carbocycles. The molecule has 0 saturated carbocycles. The third kappa shape index (κ3) is 3.95. The predicted octanol–water partition coefficient (Wildman–Crippen LogP) is 1.29. The summed E-state index contributed by atoms with van der Waals surface area (Å²) in [6.45, 7) is 9.44. The van der Waals surface area contributed by atoms with Gasteiger partial charge in [-0.05, 0) is 37.1 Å². The number of carbonyl (C=O) groups excluding carboxylic acids is 1. The van der Waals surface area contributed by atoms with Crippen molar-refractivity contribution in [1.29, 1.82) is 0 Å². The van der Waals surface area contributed by atoms with Crippen LogP contribution in [-0.2, 0) is 4.79 Å². The van der Waals surface area contributed by atoms with Crippen LogP contribution in [0.2, 0.25) is 0 Å². The first-order valence-corrected chi connectivity index (χ1v) is 7.03. The zero-order valence-electron chi connectivity index (χ0n) is 12.1. The molecule has 4 heteroatoms. The lowest BCUT2D eigenvalue weighted by molar-refractivity contribution is -0.127. The zero-order chi connectivity index (χ0) is 13.8. The van der Waals surface area contributed by atoms with Crippen molar-refractivity contribution in [2.75, 3.05) is 13.2 Å². The molecule has 2 atom stereocenters. The van der Waals surface area contributed by atoms with Crippen LogP contribution in [0.25, 0.3) is 0 Å². The maximum Gasteiger partial charge on any atom is 0.237 e. The predicted molar refractivity (Wildman–Crippen MR) is 73.3 cm³/mol. The van der Waals surface area contributed by atoms with Crippen LogP contribution in [0.1, 0.15) is 47.0 Å². The number of aliphatic hydroxyl groups is 1. The molecule has 0 aromatic heterocycles. The van der Waals surface area contributed by atoms with E-state index in [2.05, 4.69) is 38.3 Å². The van der Waals surface area contributed by atoms with Crippen molar-refractivity contribution in [3.05, 3.63) is 0 Å². The minimum atomic E-state index is -0.119. The number of piperidine rings is 1. The monoisotopic (exact) mass is 256 g/mol. The van der Waals surface area contributed by atoms with E-state index in [0.29, 0.717) is 12.3 Å². The Balaban J connectivity index is 2.62. The summed E-state index contributed by atoms with van der Waals surface area (Å²) in [7, 11) is 0. The molecule has 1 heterocycles. The second kappa shape index (κ2) is 6.53. The van der Waals surface area contributed by atoms with Crippen LogP contribution in [0.3, 0.4) is 0 Å². The fourth-order valence-corrected chi connectivity index (χ4v) is 2.64. The average molecular weight is 256 g/mol. The first-order chi connectivity index (χ1) is 8.38. The van der Waals surface area contributed by atoms with Crippen LogP contribution < -0.4 is 10.6 Å². The lowest BCUT2D eigenvalue weighted by Gasteiger charge is -2.39. The van der Waals surface area contributed by atoms with Crippen LogP contribution in [0.15, 0.2) is 0 Å². The Labute approximate surface area is 111 Å². The van der Waals surface area contributed by atoms with Gasteiger partial charge in [-0.15, -0.1) is 0 Å². The number of amides is 1. The van der Waals surface area contributed by atoms with Crippen molar-refractivity contribution in [3.8, 4) is 0 Å². The molecule has 1 rings (SSSR count). The van der Waals surface area contributed by atoms with Gasteiger partial charge < -0.3 is 15.7 Å². The molecule has 3 N–H and O–H groups in total. The van der Waals surface area contributed by atoms with Gasteiger partial charge in [0.05, 0.1) is 6.04 Å². The van der Waals surface area contributed by atoms with E-state index in [-0.39, 0.29) is 30.0 Å². The number of aliphatic hydroxyl groups excluding tert-OH is 1. The molecule has 1 saturated heterocycles. The van der Waals surface area contributed by atoms with Crippen molar-refractivity contribution >= 4 is 5.91 Å². The van der Waals surface area contributed by atoms with Gasteiger partial charge in [0.1, 0.15) is 0 Å². The van der Waals surface area contributed by atoms with Gasteiger partial charge >= 0.3 is 0 Å².